The first kappa shape index (κ1) is 26.3. The summed E-state index contributed by atoms with van der Waals surface area (Å²) in [5.74, 6) is 0.779. The van der Waals surface area contributed by atoms with Gasteiger partial charge >= 0.3 is 0 Å². The summed E-state index contributed by atoms with van der Waals surface area (Å²) in [6.45, 7) is 7.17. The average Bonchev–Trinajstić information content (AvgIpc) is 2.89. The van der Waals surface area contributed by atoms with Crippen molar-refractivity contribution >= 4 is 29.1 Å². The van der Waals surface area contributed by atoms with E-state index < -0.39 is 0 Å². The highest BCUT2D eigenvalue weighted by Gasteiger charge is 2.28. The van der Waals surface area contributed by atoms with E-state index in [1.54, 1.807) is 6.07 Å². The predicted octanol–water partition coefficient (Wildman–Crippen LogP) is 3.22. The molecule has 0 radical (unpaired) electrons. The standard InChI is InChI=1S/C27H35ClN4O4/c1-18-5-3-4-6-21(18)27(34)32-9-7-19(8-10-32)16-31-11-12-36-20(17-31)15-30-26(33)22-13-23(28)24(29)14-25(22)35-2/h3-6,13-14,19-20H,7-12,15-17,29H2,1-2H3,(H,30,33). The van der Waals surface area contributed by atoms with Crippen LogP contribution in [0.25, 0.3) is 0 Å². The van der Waals surface area contributed by atoms with Gasteiger partial charge in [0, 0.05) is 50.9 Å². The second-order valence-electron chi connectivity index (χ2n) is 9.59. The maximum Gasteiger partial charge on any atom is 0.255 e. The molecule has 0 aliphatic carbocycles. The van der Waals surface area contributed by atoms with E-state index in [4.69, 9.17) is 26.8 Å². The van der Waals surface area contributed by atoms with Gasteiger partial charge in [-0.2, -0.15) is 0 Å². The number of methoxy groups -OCH3 is 1. The number of carbonyl (C=O) groups is 2. The van der Waals surface area contributed by atoms with E-state index in [2.05, 4.69) is 10.2 Å². The Morgan fingerprint density at radius 2 is 1.92 bits per heavy atom. The van der Waals surface area contributed by atoms with Crippen LogP contribution in [0.3, 0.4) is 0 Å². The molecule has 2 fully saturated rings. The molecular formula is C27H35ClN4O4. The lowest BCUT2D eigenvalue weighted by atomic mass is 9.95. The zero-order valence-electron chi connectivity index (χ0n) is 21.0. The lowest BCUT2D eigenvalue weighted by Crippen LogP contribution is -2.50. The van der Waals surface area contributed by atoms with Crippen LogP contribution in [0.4, 0.5) is 5.69 Å². The van der Waals surface area contributed by atoms with Gasteiger partial charge in [0.25, 0.3) is 11.8 Å². The molecule has 4 rings (SSSR count). The minimum Gasteiger partial charge on any atom is -0.496 e. The maximum atomic E-state index is 12.9. The first-order chi connectivity index (χ1) is 17.4. The Morgan fingerprint density at radius 1 is 1.17 bits per heavy atom. The van der Waals surface area contributed by atoms with Crippen LogP contribution in [0.2, 0.25) is 5.02 Å². The number of anilines is 1. The second kappa shape index (κ2) is 12.0. The second-order valence-corrected chi connectivity index (χ2v) is 9.99. The van der Waals surface area contributed by atoms with Crippen molar-refractivity contribution in [3.63, 3.8) is 0 Å². The van der Waals surface area contributed by atoms with Crippen molar-refractivity contribution in [1.29, 1.82) is 0 Å². The molecule has 3 N–H and O–H groups in total. The number of benzene rings is 2. The van der Waals surface area contributed by atoms with Crippen LogP contribution < -0.4 is 15.8 Å². The summed E-state index contributed by atoms with van der Waals surface area (Å²) in [7, 11) is 1.49. The van der Waals surface area contributed by atoms with E-state index in [-0.39, 0.29) is 17.9 Å². The molecule has 36 heavy (non-hydrogen) atoms. The SMILES string of the molecule is COc1cc(N)c(Cl)cc1C(=O)NCC1CN(CC2CCN(C(=O)c3ccccc3C)CC2)CCO1. The monoisotopic (exact) mass is 514 g/mol. The summed E-state index contributed by atoms with van der Waals surface area (Å²) in [6, 6.07) is 10.9. The molecule has 2 aliphatic rings. The molecule has 0 saturated carbocycles. The fourth-order valence-corrected chi connectivity index (χ4v) is 5.12. The molecule has 2 aliphatic heterocycles. The normalized spacial score (nSPS) is 19.2. The zero-order valence-corrected chi connectivity index (χ0v) is 21.7. The molecule has 1 unspecified atom stereocenters. The number of nitrogens with two attached hydrogens (primary N) is 1. The molecule has 2 saturated heterocycles. The van der Waals surface area contributed by atoms with Gasteiger partial charge in [0.1, 0.15) is 5.75 Å². The molecule has 2 aromatic carbocycles. The largest absolute Gasteiger partial charge is 0.496 e. The smallest absolute Gasteiger partial charge is 0.255 e. The molecule has 0 aromatic heterocycles. The van der Waals surface area contributed by atoms with Crippen LogP contribution in [0.1, 0.15) is 39.1 Å². The summed E-state index contributed by atoms with van der Waals surface area (Å²) in [6.07, 6.45) is 1.89. The topological polar surface area (TPSA) is 97.1 Å². The number of nitrogens with zero attached hydrogens (tertiary/aromatic N) is 2. The molecule has 9 heteroatoms. The summed E-state index contributed by atoms with van der Waals surface area (Å²) in [5.41, 5.74) is 8.34. The lowest BCUT2D eigenvalue weighted by molar-refractivity contribution is -0.0332. The van der Waals surface area contributed by atoms with Crippen molar-refractivity contribution in [2.24, 2.45) is 5.92 Å². The van der Waals surface area contributed by atoms with Gasteiger partial charge < -0.3 is 25.4 Å². The van der Waals surface area contributed by atoms with Gasteiger partial charge in [-0.25, -0.2) is 0 Å². The van der Waals surface area contributed by atoms with Crippen LogP contribution in [0.5, 0.6) is 5.75 Å². The van der Waals surface area contributed by atoms with Crippen LogP contribution in [-0.4, -0.2) is 80.7 Å². The van der Waals surface area contributed by atoms with E-state index in [9.17, 15) is 9.59 Å². The van der Waals surface area contributed by atoms with E-state index >= 15 is 0 Å². The fraction of sp³-hybridized carbons (Fsp3) is 0.481. The summed E-state index contributed by atoms with van der Waals surface area (Å²) >= 11 is 6.10. The molecular weight excluding hydrogens is 480 g/mol. The summed E-state index contributed by atoms with van der Waals surface area (Å²) in [4.78, 5) is 30.0. The van der Waals surface area contributed by atoms with Gasteiger partial charge in [0.2, 0.25) is 0 Å². The Hall–Kier alpha value is -2.81. The molecule has 2 heterocycles. The molecule has 8 nitrogen and oxygen atoms in total. The Balaban J connectivity index is 1.24. The van der Waals surface area contributed by atoms with Crippen molar-refractivity contribution in [3.05, 3.63) is 58.1 Å². The molecule has 0 bridgehead atoms. The highest BCUT2D eigenvalue weighted by atomic mass is 35.5. The fourth-order valence-electron chi connectivity index (χ4n) is 4.95. The number of halogens is 1. The minimum atomic E-state index is -0.278. The number of aryl methyl sites for hydroxylation is 1. The molecule has 0 spiro atoms. The Labute approximate surface area is 217 Å². The van der Waals surface area contributed by atoms with Gasteiger partial charge in [-0.05, 0) is 43.4 Å². The molecule has 2 amide bonds. The number of hydrogen-bond donors (Lipinski definition) is 2. The Bertz CT molecular complexity index is 1090. The minimum absolute atomic E-state index is 0.0966. The maximum absolute atomic E-state index is 12.9. The summed E-state index contributed by atoms with van der Waals surface area (Å²) in [5, 5.41) is 3.25. The van der Waals surface area contributed by atoms with Crippen molar-refractivity contribution in [2.75, 3.05) is 58.7 Å². The number of morpholine rings is 1. The first-order valence-electron chi connectivity index (χ1n) is 12.5. The van der Waals surface area contributed by atoms with Crippen LogP contribution in [-0.2, 0) is 4.74 Å². The number of rotatable bonds is 7. The van der Waals surface area contributed by atoms with Crippen LogP contribution in [0, 0.1) is 12.8 Å². The summed E-state index contributed by atoms with van der Waals surface area (Å²) < 4.78 is 11.2. The number of hydrogen-bond acceptors (Lipinski definition) is 6. The zero-order chi connectivity index (χ0) is 25.7. The quantitative estimate of drug-likeness (QED) is 0.551. The van der Waals surface area contributed by atoms with Crippen LogP contribution in [0.15, 0.2) is 36.4 Å². The number of ether oxygens (including phenoxy) is 2. The van der Waals surface area contributed by atoms with Crippen molar-refractivity contribution in [2.45, 2.75) is 25.9 Å². The van der Waals surface area contributed by atoms with E-state index in [0.717, 1.165) is 56.7 Å². The number of likely N-dealkylation sites (tertiary alicyclic amines) is 1. The number of carbonyl (C=O) groups excluding carboxylic acids is 2. The Morgan fingerprint density at radius 3 is 2.64 bits per heavy atom. The van der Waals surface area contributed by atoms with Crippen molar-refractivity contribution < 1.29 is 19.1 Å². The number of nitrogen functional groups attached to an aromatic ring is 1. The van der Waals surface area contributed by atoms with E-state index in [1.165, 1.54) is 13.2 Å². The third-order valence-electron chi connectivity index (χ3n) is 7.07. The van der Waals surface area contributed by atoms with Gasteiger partial charge in [-0.1, -0.05) is 29.8 Å². The highest BCUT2D eigenvalue weighted by molar-refractivity contribution is 6.33. The number of amides is 2. The Kier molecular flexibility index (Phi) is 8.72. The first-order valence-corrected chi connectivity index (χ1v) is 12.8. The lowest BCUT2D eigenvalue weighted by Gasteiger charge is -2.38. The average molecular weight is 515 g/mol. The van der Waals surface area contributed by atoms with Gasteiger partial charge in [-0.3, -0.25) is 14.5 Å². The van der Waals surface area contributed by atoms with Crippen molar-refractivity contribution in [3.8, 4) is 5.75 Å². The number of nitrogens with one attached hydrogen (secondary N) is 1. The van der Waals surface area contributed by atoms with E-state index in [0.29, 0.717) is 41.1 Å². The predicted molar refractivity (Wildman–Crippen MR) is 141 cm³/mol. The van der Waals surface area contributed by atoms with Gasteiger partial charge in [0.15, 0.2) is 0 Å². The van der Waals surface area contributed by atoms with Gasteiger partial charge in [-0.15, -0.1) is 0 Å². The van der Waals surface area contributed by atoms with Crippen molar-refractivity contribution in [1.82, 2.24) is 15.1 Å². The molecule has 1 atom stereocenters. The van der Waals surface area contributed by atoms with Crippen LogP contribution >= 0.6 is 11.6 Å². The van der Waals surface area contributed by atoms with Gasteiger partial charge in [0.05, 0.1) is 36.1 Å². The van der Waals surface area contributed by atoms with E-state index in [1.807, 2.05) is 36.1 Å². The number of piperidine rings is 1. The molecule has 2 aromatic rings. The third-order valence-corrected chi connectivity index (χ3v) is 7.40. The highest BCUT2D eigenvalue weighted by Crippen LogP contribution is 2.29. The third kappa shape index (κ3) is 6.30. The molecule has 194 valence electrons.